The van der Waals surface area contributed by atoms with Crippen LogP contribution in [-0.2, 0) is 6.54 Å². The summed E-state index contributed by atoms with van der Waals surface area (Å²) < 4.78 is 1.49. The maximum atomic E-state index is 11.5. The Morgan fingerprint density at radius 2 is 1.82 bits per heavy atom. The molecule has 1 rings (SSSR count). The first-order valence-electron chi connectivity index (χ1n) is 6.56. The van der Waals surface area contributed by atoms with Crippen molar-refractivity contribution >= 4 is 5.69 Å². The number of hydrogen-bond donors (Lipinski definition) is 1. The first-order chi connectivity index (χ1) is 8.24. The minimum atomic E-state index is -0.101. The van der Waals surface area contributed by atoms with Crippen molar-refractivity contribution in [2.75, 3.05) is 5.73 Å². The molecular weight excluding hydrogens is 214 g/mol. The largest absolute Gasteiger partial charge is 0.397 e. The molecule has 0 fully saturated rings. The van der Waals surface area contributed by atoms with Gasteiger partial charge >= 0.3 is 0 Å². The molecule has 1 aromatic heterocycles. The van der Waals surface area contributed by atoms with Crippen molar-refractivity contribution in [3.05, 3.63) is 22.6 Å². The summed E-state index contributed by atoms with van der Waals surface area (Å²) >= 11 is 0. The zero-order valence-corrected chi connectivity index (χ0v) is 10.7. The highest BCUT2D eigenvalue weighted by atomic mass is 16.1. The summed E-state index contributed by atoms with van der Waals surface area (Å²) in [5.74, 6) is 0. The minimum absolute atomic E-state index is 0.101. The zero-order chi connectivity index (χ0) is 12.5. The van der Waals surface area contributed by atoms with Gasteiger partial charge in [-0.2, -0.15) is 5.10 Å². The number of aryl methyl sites for hydroxylation is 1. The summed E-state index contributed by atoms with van der Waals surface area (Å²) in [5.41, 5.74) is 5.81. The monoisotopic (exact) mass is 237 g/mol. The molecule has 0 atom stereocenters. The Bertz CT molecular complexity index is 373. The van der Waals surface area contributed by atoms with Gasteiger partial charge in [0, 0.05) is 12.6 Å². The van der Waals surface area contributed by atoms with Crippen LogP contribution in [0.25, 0.3) is 0 Å². The van der Waals surface area contributed by atoms with E-state index < -0.39 is 0 Å². The molecule has 1 aromatic rings. The second-order valence-electron chi connectivity index (χ2n) is 4.47. The molecule has 1 heterocycles. The van der Waals surface area contributed by atoms with Gasteiger partial charge in [0.1, 0.15) is 0 Å². The van der Waals surface area contributed by atoms with Crippen molar-refractivity contribution in [2.45, 2.75) is 58.4 Å². The molecule has 0 aliphatic carbocycles. The fourth-order valence-electron chi connectivity index (χ4n) is 1.83. The van der Waals surface area contributed by atoms with E-state index in [0.29, 0.717) is 12.2 Å². The Labute approximate surface area is 103 Å². The second kappa shape index (κ2) is 7.87. The highest BCUT2D eigenvalue weighted by Crippen LogP contribution is 2.07. The number of nitrogens with two attached hydrogens (primary N) is 1. The number of nitrogen functional groups attached to an aromatic ring is 1. The number of anilines is 1. The fourth-order valence-corrected chi connectivity index (χ4v) is 1.83. The molecule has 0 saturated heterocycles. The lowest BCUT2D eigenvalue weighted by Crippen LogP contribution is -2.22. The molecule has 0 spiro atoms. The molecule has 0 unspecified atom stereocenters. The molecule has 0 amide bonds. The van der Waals surface area contributed by atoms with Crippen molar-refractivity contribution < 1.29 is 0 Å². The van der Waals surface area contributed by atoms with E-state index in [9.17, 15) is 4.79 Å². The minimum Gasteiger partial charge on any atom is -0.397 e. The van der Waals surface area contributed by atoms with Crippen molar-refractivity contribution in [3.8, 4) is 0 Å². The van der Waals surface area contributed by atoms with Crippen LogP contribution < -0.4 is 11.3 Å². The van der Waals surface area contributed by atoms with Gasteiger partial charge in [-0.25, -0.2) is 4.68 Å². The molecule has 4 nitrogen and oxygen atoms in total. The third-order valence-electron chi connectivity index (χ3n) is 2.86. The summed E-state index contributed by atoms with van der Waals surface area (Å²) in [6.07, 6.45) is 10.2. The van der Waals surface area contributed by atoms with E-state index in [-0.39, 0.29) is 5.56 Å². The lowest BCUT2D eigenvalue weighted by molar-refractivity contribution is 0.507. The normalized spacial score (nSPS) is 10.6. The predicted octanol–water partition coefficient (Wildman–Crippen LogP) is 2.58. The number of hydrogen-bond acceptors (Lipinski definition) is 3. The molecule has 96 valence electrons. The van der Waals surface area contributed by atoms with Crippen LogP contribution in [0.4, 0.5) is 5.69 Å². The van der Waals surface area contributed by atoms with Crippen LogP contribution >= 0.6 is 0 Å². The standard InChI is InChI=1S/C13H23N3O/c1-2-3-4-5-6-7-8-9-16-13(17)10-12(14)11-15-16/h10-11H,2-9,14H2,1H3. The highest BCUT2D eigenvalue weighted by Gasteiger charge is 1.97. The van der Waals surface area contributed by atoms with Gasteiger partial charge in [-0.3, -0.25) is 4.79 Å². The molecule has 17 heavy (non-hydrogen) atoms. The fraction of sp³-hybridized carbons (Fsp3) is 0.692. The van der Waals surface area contributed by atoms with Gasteiger partial charge in [-0.15, -0.1) is 0 Å². The lowest BCUT2D eigenvalue weighted by atomic mass is 10.1. The van der Waals surface area contributed by atoms with Gasteiger partial charge < -0.3 is 5.73 Å². The third kappa shape index (κ3) is 5.52. The molecule has 0 aromatic carbocycles. The van der Waals surface area contributed by atoms with Crippen molar-refractivity contribution in [1.29, 1.82) is 0 Å². The van der Waals surface area contributed by atoms with Crippen LogP contribution in [-0.4, -0.2) is 9.78 Å². The van der Waals surface area contributed by atoms with Crippen molar-refractivity contribution in [2.24, 2.45) is 0 Å². The maximum Gasteiger partial charge on any atom is 0.268 e. The molecule has 0 aliphatic rings. The van der Waals surface area contributed by atoms with E-state index in [0.717, 1.165) is 6.42 Å². The summed E-state index contributed by atoms with van der Waals surface area (Å²) in [6.45, 7) is 2.92. The molecule has 2 N–H and O–H groups in total. The molecular formula is C13H23N3O. The summed E-state index contributed by atoms with van der Waals surface area (Å²) in [7, 11) is 0. The van der Waals surface area contributed by atoms with Gasteiger partial charge in [-0.05, 0) is 6.42 Å². The van der Waals surface area contributed by atoms with E-state index >= 15 is 0 Å². The molecule has 0 bridgehead atoms. The van der Waals surface area contributed by atoms with Crippen LogP contribution in [0.3, 0.4) is 0 Å². The predicted molar refractivity (Wildman–Crippen MR) is 70.9 cm³/mol. The molecule has 0 saturated carbocycles. The van der Waals surface area contributed by atoms with Crippen LogP contribution in [0.1, 0.15) is 51.9 Å². The summed E-state index contributed by atoms with van der Waals surface area (Å²) in [6, 6.07) is 1.42. The molecule has 0 radical (unpaired) electrons. The van der Waals surface area contributed by atoms with E-state index in [4.69, 9.17) is 5.73 Å². The maximum absolute atomic E-state index is 11.5. The van der Waals surface area contributed by atoms with Gasteiger partial charge in [0.15, 0.2) is 0 Å². The van der Waals surface area contributed by atoms with Gasteiger partial charge in [0.2, 0.25) is 0 Å². The number of unbranched alkanes of at least 4 members (excludes halogenated alkanes) is 6. The van der Waals surface area contributed by atoms with Crippen molar-refractivity contribution in [1.82, 2.24) is 9.78 Å². The average Bonchev–Trinajstić information content (AvgIpc) is 2.30. The Hall–Kier alpha value is -1.32. The molecule has 4 heteroatoms. The first kappa shape index (κ1) is 13.7. The average molecular weight is 237 g/mol. The number of aromatic nitrogens is 2. The third-order valence-corrected chi connectivity index (χ3v) is 2.86. The summed E-state index contributed by atoms with van der Waals surface area (Å²) in [5, 5.41) is 4.00. The van der Waals surface area contributed by atoms with Crippen molar-refractivity contribution in [3.63, 3.8) is 0 Å². The van der Waals surface area contributed by atoms with Crippen LogP contribution in [0.2, 0.25) is 0 Å². The van der Waals surface area contributed by atoms with E-state index in [1.54, 1.807) is 0 Å². The van der Waals surface area contributed by atoms with Crippen LogP contribution in [0.15, 0.2) is 17.1 Å². The van der Waals surface area contributed by atoms with E-state index in [1.165, 1.54) is 55.5 Å². The second-order valence-corrected chi connectivity index (χ2v) is 4.47. The van der Waals surface area contributed by atoms with Gasteiger partial charge in [0.05, 0.1) is 11.9 Å². The number of rotatable bonds is 8. The quantitative estimate of drug-likeness (QED) is 0.707. The van der Waals surface area contributed by atoms with E-state index in [1.807, 2.05) is 0 Å². The van der Waals surface area contributed by atoms with Crippen LogP contribution in [0.5, 0.6) is 0 Å². The smallest absolute Gasteiger partial charge is 0.268 e. The van der Waals surface area contributed by atoms with Crippen LogP contribution in [0, 0.1) is 0 Å². The Morgan fingerprint density at radius 1 is 1.18 bits per heavy atom. The SMILES string of the molecule is CCCCCCCCCn1ncc(N)cc1=O. The van der Waals surface area contributed by atoms with E-state index in [2.05, 4.69) is 12.0 Å². The Balaban J connectivity index is 2.16. The first-order valence-corrected chi connectivity index (χ1v) is 6.56. The highest BCUT2D eigenvalue weighted by molar-refractivity contribution is 5.31. The Morgan fingerprint density at radius 3 is 2.47 bits per heavy atom. The van der Waals surface area contributed by atoms with Gasteiger partial charge in [0.25, 0.3) is 5.56 Å². The zero-order valence-electron chi connectivity index (χ0n) is 10.7. The number of nitrogens with zero attached hydrogens (tertiary/aromatic N) is 2. The molecule has 0 aliphatic heterocycles. The topological polar surface area (TPSA) is 60.9 Å². The Kier molecular flexibility index (Phi) is 6.37. The lowest BCUT2D eigenvalue weighted by Gasteiger charge is -2.04. The van der Waals surface area contributed by atoms with Gasteiger partial charge in [-0.1, -0.05) is 45.4 Å². The summed E-state index contributed by atoms with van der Waals surface area (Å²) in [4.78, 5) is 11.5.